The van der Waals surface area contributed by atoms with E-state index in [2.05, 4.69) is 42.9 Å². The van der Waals surface area contributed by atoms with Crippen LogP contribution in [-0.2, 0) is 18.9 Å². The van der Waals surface area contributed by atoms with Gasteiger partial charge in [0.15, 0.2) is 6.10 Å². The number of benzene rings is 1. The predicted molar refractivity (Wildman–Crippen MR) is 183 cm³/mol. The monoisotopic (exact) mass is 756 g/mol. The summed E-state index contributed by atoms with van der Waals surface area (Å²) in [5, 5.41) is 24.8. The van der Waals surface area contributed by atoms with E-state index >= 15 is 0 Å². The molecule has 1 aromatic heterocycles. The van der Waals surface area contributed by atoms with Gasteiger partial charge < -0.3 is 30.3 Å². The standard InChI is InChI=1S/C18H15ClFNO3.C9H13ClN6.C3H8NO5P/c1-3-10(2)24-16-9-15(14(20)8-13(16)19)21-17(22)11-6-4-5-7-12(11)18(21)23;1-4-12-7-13-6(10)14-8(15-7)16-9(2,3)5-11;5-3(6)1-4-2-10(7,8)9/h1,8-10H,4-7H2,2H3;4H2,1-3H3,(H2,12,13,14,15,16);4H,1-2H2,(H,5,6)(H2,7,8,9). The first kappa shape index (κ1) is 41.8. The van der Waals surface area contributed by atoms with Crippen LogP contribution in [0, 0.1) is 29.5 Å². The molecule has 1 unspecified atom stereocenters. The first-order chi connectivity index (χ1) is 23.3. The van der Waals surface area contributed by atoms with Gasteiger partial charge in [0, 0.05) is 23.8 Å². The zero-order valence-electron chi connectivity index (χ0n) is 27.5. The third-order valence-electron chi connectivity index (χ3n) is 6.41. The minimum atomic E-state index is -4.10. The van der Waals surface area contributed by atoms with Gasteiger partial charge in [-0.05, 0) is 71.0 Å². The minimum absolute atomic E-state index is 0.0233. The quantitative estimate of drug-likeness (QED) is 0.108. The molecule has 270 valence electrons. The Balaban J connectivity index is 0.000000288. The highest BCUT2D eigenvalue weighted by molar-refractivity contribution is 7.51. The highest BCUT2D eigenvalue weighted by Crippen LogP contribution is 2.39. The number of hydrogen-bond acceptors (Lipinski definition) is 12. The zero-order valence-corrected chi connectivity index (χ0v) is 29.9. The number of nitriles is 1. The molecule has 0 saturated carbocycles. The number of carboxylic acids is 1. The molecule has 2 aromatic rings. The van der Waals surface area contributed by atoms with Crippen molar-refractivity contribution >= 4 is 66.2 Å². The smallest absolute Gasteiger partial charge is 0.339 e. The average Bonchev–Trinajstić information content (AvgIpc) is 3.27. The summed E-state index contributed by atoms with van der Waals surface area (Å²) < 4.78 is 29.9. The van der Waals surface area contributed by atoms with E-state index in [4.69, 9.17) is 54.5 Å². The van der Waals surface area contributed by atoms with E-state index in [-0.39, 0.29) is 27.7 Å². The topological polar surface area (TPSA) is 240 Å². The summed E-state index contributed by atoms with van der Waals surface area (Å²) in [5.74, 6) is 0.330. The number of hydrogen-bond donors (Lipinski definition) is 6. The van der Waals surface area contributed by atoms with Crippen molar-refractivity contribution in [3.63, 3.8) is 0 Å². The summed E-state index contributed by atoms with van der Waals surface area (Å²) in [7, 11) is -4.10. The molecule has 0 bridgehead atoms. The summed E-state index contributed by atoms with van der Waals surface area (Å²) >= 11 is 11.7. The van der Waals surface area contributed by atoms with E-state index in [0.29, 0.717) is 36.5 Å². The zero-order chi connectivity index (χ0) is 37.8. The Bertz CT molecular complexity index is 1730. The highest BCUT2D eigenvalue weighted by atomic mass is 35.5. The Morgan fingerprint density at radius 3 is 2.24 bits per heavy atom. The van der Waals surface area contributed by atoms with Gasteiger partial charge >= 0.3 is 13.6 Å². The van der Waals surface area contributed by atoms with Gasteiger partial charge in [-0.3, -0.25) is 24.3 Å². The van der Waals surface area contributed by atoms with Crippen molar-refractivity contribution in [2.75, 3.05) is 34.9 Å². The van der Waals surface area contributed by atoms with E-state index in [0.717, 1.165) is 23.8 Å². The molecule has 20 heteroatoms. The van der Waals surface area contributed by atoms with Gasteiger partial charge in [-0.2, -0.15) is 20.2 Å². The second-order valence-electron chi connectivity index (χ2n) is 11.1. The Morgan fingerprint density at radius 1 is 1.16 bits per heavy atom. The normalized spacial score (nSPS) is 14.6. The number of nitrogens with one attached hydrogen (secondary N) is 3. The first-order valence-electron chi connectivity index (χ1n) is 14.9. The summed E-state index contributed by atoms with van der Waals surface area (Å²) in [6.45, 7) is 7.23. The van der Waals surface area contributed by atoms with Crippen LogP contribution >= 0.6 is 30.8 Å². The van der Waals surface area contributed by atoms with Crippen LogP contribution in [0.15, 0.2) is 23.3 Å². The number of carboxylic acid groups (broad SMARTS) is 1. The fourth-order valence-corrected chi connectivity index (χ4v) is 4.98. The summed E-state index contributed by atoms with van der Waals surface area (Å²) in [6, 6.07) is 4.36. The number of carbonyl (C=O) groups is 3. The predicted octanol–water partition coefficient (Wildman–Crippen LogP) is 4.09. The second kappa shape index (κ2) is 18.6. The van der Waals surface area contributed by atoms with Gasteiger partial charge in [0.25, 0.3) is 11.8 Å². The molecule has 1 atom stereocenters. The number of aromatic nitrogens is 3. The van der Waals surface area contributed by atoms with Crippen molar-refractivity contribution < 1.29 is 43.0 Å². The SMILES string of the molecule is C#CC(C)Oc1cc(N2C(=O)C3=C(CCCC3)C2=O)c(F)cc1Cl.CCNc1nc(Cl)nc(NC(C)(C)C#N)n1.O=C(O)CNCP(=O)(O)O. The molecular weight excluding hydrogens is 721 g/mol. The summed E-state index contributed by atoms with van der Waals surface area (Å²) in [6.07, 6.45) is 6.87. The molecule has 1 aromatic carbocycles. The molecule has 0 radical (unpaired) electrons. The van der Waals surface area contributed by atoms with Crippen LogP contribution in [0.2, 0.25) is 10.3 Å². The molecule has 4 rings (SSSR count). The van der Waals surface area contributed by atoms with Crippen molar-refractivity contribution in [3.8, 4) is 24.2 Å². The molecule has 2 amide bonds. The lowest BCUT2D eigenvalue weighted by atomic mass is 9.93. The Labute approximate surface area is 297 Å². The van der Waals surface area contributed by atoms with Crippen molar-refractivity contribution in [3.05, 3.63) is 39.4 Å². The van der Waals surface area contributed by atoms with Crippen LogP contribution in [0.5, 0.6) is 5.75 Å². The molecule has 1 aliphatic heterocycles. The first-order valence-corrected chi connectivity index (χ1v) is 17.4. The fraction of sp³-hybridized carbons (Fsp3) is 0.433. The third kappa shape index (κ3) is 12.8. The molecule has 0 spiro atoms. The van der Waals surface area contributed by atoms with Gasteiger partial charge in [-0.15, -0.1) is 6.42 Å². The largest absolute Gasteiger partial charge is 0.480 e. The number of imide groups is 1. The van der Waals surface area contributed by atoms with Crippen molar-refractivity contribution in [2.24, 2.45) is 0 Å². The van der Waals surface area contributed by atoms with Gasteiger partial charge in [0.05, 0.1) is 29.6 Å². The number of nitrogens with zero attached hydrogens (tertiary/aromatic N) is 5. The van der Waals surface area contributed by atoms with Gasteiger partial charge in [0.2, 0.25) is 17.2 Å². The van der Waals surface area contributed by atoms with E-state index in [1.807, 2.05) is 6.92 Å². The fourth-order valence-electron chi connectivity index (χ4n) is 4.22. The average molecular weight is 758 g/mol. The highest BCUT2D eigenvalue weighted by Gasteiger charge is 2.41. The van der Waals surface area contributed by atoms with Crippen molar-refractivity contribution in [1.29, 1.82) is 5.26 Å². The maximum absolute atomic E-state index is 14.4. The van der Waals surface area contributed by atoms with Crippen LogP contribution < -0.4 is 25.6 Å². The Hall–Kier alpha value is -4.35. The van der Waals surface area contributed by atoms with Crippen LogP contribution in [-0.4, -0.2) is 78.6 Å². The lowest BCUT2D eigenvalue weighted by Crippen LogP contribution is -2.32. The van der Waals surface area contributed by atoms with E-state index in [1.165, 1.54) is 6.07 Å². The molecule has 16 nitrogen and oxygen atoms in total. The van der Waals surface area contributed by atoms with Crippen LogP contribution in [0.4, 0.5) is 22.0 Å². The molecule has 50 heavy (non-hydrogen) atoms. The molecule has 0 saturated heterocycles. The number of carbonyl (C=O) groups excluding carboxylic acids is 2. The molecule has 1 aliphatic carbocycles. The maximum Gasteiger partial charge on any atom is 0.339 e. The van der Waals surface area contributed by atoms with Crippen LogP contribution in [0.25, 0.3) is 0 Å². The van der Waals surface area contributed by atoms with Gasteiger partial charge in [0.1, 0.15) is 17.1 Å². The summed E-state index contributed by atoms with van der Waals surface area (Å²) in [5.41, 5.74) is 0.0527. The molecule has 6 N–H and O–H groups in total. The number of ether oxygens (including phenoxy) is 1. The maximum atomic E-state index is 14.4. The van der Waals surface area contributed by atoms with E-state index in [9.17, 15) is 23.3 Å². The number of rotatable bonds is 11. The van der Waals surface area contributed by atoms with Gasteiger partial charge in [-0.25, -0.2) is 9.29 Å². The van der Waals surface area contributed by atoms with E-state index in [1.54, 1.807) is 20.8 Å². The van der Waals surface area contributed by atoms with Crippen LogP contribution in [0.3, 0.4) is 0 Å². The molecule has 2 heterocycles. The lowest BCUT2D eigenvalue weighted by molar-refractivity contribution is -0.136. The van der Waals surface area contributed by atoms with Crippen molar-refractivity contribution in [1.82, 2.24) is 20.3 Å². The number of aliphatic carboxylic acids is 1. The molecule has 2 aliphatic rings. The van der Waals surface area contributed by atoms with Crippen LogP contribution in [0.1, 0.15) is 53.4 Å². The number of anilines is 3. The number of halogens is 3. The summed E-state index contributed by atoms with van der Waals surface area (Å²) in [4.78, 5) is 64.0. The Morgan fingerprint density at radius 2 is 1.74 bits per heavy atom. The number of terminal acetylenes is 1. The molecule has 0 fully saturated rings. The third-order valence-corrected chi connectivity index (χ3v) is 7.51. The number of amides is 2. The lowest BCUT2D eigenvalue weighted by Gasteiger charge is -2.19. The minimum Gasteiger partial charge on any atom is -0.480 e. The Kier molecular flexibility index (Phi) is 15.5. The second-order valence-corrected chi connectivity index (χ2v) is 13.4. The molecular formula is C30H36Cl2FN8O8P. The van der Waals surface area contributed by atoms with Gasteiger partial charge in [-0.1, -0.05) is 17.5 Å². The van der Waals surface area contributed by atoms with E-state index < -0.39 is 55.7 Å². The van der Waals surface area contributed by atoms with Crippen molar-refractivity contribution in [2.45, 2.75) is 65.0 Å².